The van der Waals surface area contributed by atoms with Crippen molar-refractivity contribution in [2.45, 2.75) is 32.2 Å². The van der Waals surface area contributed by atoms with Crippen molar-refractivity contribution in [2.75, 3.05) is 31.8 Å². The van der Waals surface area contributed by atoms with Gasteiger partial charge in [0.25, 0.3) is 0 Å². The molecule has 1 saturated carbocycles. The Hall–Kier alpha value is 0.270. The summed E-state index contributed by atoms with van der Waals surface area (Å²) in [6, 6.07) is 0.761. The van der Waals surface area contributed by atoms with Crippen LogP contribution in [0.1, 0.15) is 26.2 Å². The number of hydrogen-bond donors (Lipinski definition) is 1. The van der Waals surface area contributed by atoms with Gasteiger partial charge in [-0.05, 0) is 31.7 Å². The second-order valence-electron chi connectivity index (χ2n) is 3.97. The van der Waals surface area contributed by atoms with Crippen molar-refractivity contribution < 1.29 is 4.74 Å². The number of thioether (sulfide) groups is 1. The van der Waals surface area contributed by atoms with Crippen molar-refractivity contribution >= 4 is 11.8 Å². The first-order chi connectivity index (χ1) is 6.88. The predicted molar refractivity (Wildman–Crippen MR) is 64.0 cm³/mol. The molecule has 1 atom stereocenters. The summed E-state index contributed by atoms with van der Waals surface area (Å²) < 4.78 is 5.04. The summed E-state index contributed by atoms with van der Waals surface area (Å²) >= 11 is 2.02. The van der Waals surface area contributed by atoms with Crippen LogP contribution in [0.4, 0.5) is 0 Å². The van der Waals surface area contributed by atoms with Gasteiger partial charge in [-0.1, -0.05) is 6.92 Å². The van der Waals surface area contributed by atoms with E-state index in [1.54, 1.807) is 7.11 Å². The maximum Gasteiger partial charge on any atom is 0.0552 e. The molecule has 0 bridgehead atoms. The first-order valence-electron chi connectivity index (χ1n) is 5.68. The maximum atomic E-state index is 5.04. The van der Waals surface area contributed by atoms with Gasteiger partial charge in [-0.2, -0.15) is 11.8 Å². The van der Waals surface area contributed by atoms with Crippen LogP contribution in [-0.2, 0) is 4.74 Å². The highest BCUT2D eigenvalue weighted by Crippen LogP contribution is 2.33. The molecule has 2 nitrogen and oxygen atoms in total. The lowest BCUT2D eigenvalue weighted by molar-refractivity contribution is 0.218. The SMILES string of the molecule is CCCNC(CSCCOC)C1CC1. The van der Waals surface area contributed by atoms with Crippen LogP contribution in [0.5, 0.6) is 0 Å². The number of ether oxygens (including phenoxy) is 1. The third kappa shape index (κ3) is 5.23. The minimum absolute atomic E-state index is 0.761. The van der Waals surface area contributed by atoms with Gasteiger partial charge in [0, 0.05) is 24.7 Å². The lowest BCUT2D eigenvalue weighted by Gasteiger charge is -2.17. The molecule has 0 aromatic rings. The molecule has 1 unspecified atom stereocenters. The largest absolute Gasteiger partial charge is 0.384 e. The zero-order chi connectivity index (χ0) is 10.2. The molecule has 14 heavy (non-hydrogen) atoms. The molecular formula is C11H23NOS. The smallest absolute Gasteiger partial charge is 0.0552 e. The fourth-order valence-corrected chi connectivity index (χ4v) is 2.64. The lowest BCUT2D eigenvalue weighted by Crippen LogP contribution is -2.34. The molecule has 84 valence electrons. The van der Waals surface area contributed by atoms with Gasteiger partial charge >= 0.3 is 0 Å². The summed E-state index contributed by atoms with van der Waals surface area (Å²) in [6.45, 7) is 4.29. The molecule has 1 aliphatic carbocycles. The highest BCUT2D eigenvalue weighted by atomic mass is 32.2. The first kappa shape index (κ1) is 12.3. The molecule has 1 aliphatic rings. The van der Waals surface area contributed by atoms with Crippen molar-refractivity contribution in [2.24, 2.45) is 5.92 Å². The van der Waals surface area contributed by atoms with E-state index < -0.39 is 0 Å². The van der Waals surface area contributed by atoms with E-state index in [9.17, 15) is 0 Å². The molecular weight excluding hydrogens is 194 g/mol. The van der Waals surface area contributed by atoms with Crippen molar-refractivity contribution in [1.29, 1.82) is 0 Å². The minimum Gasteiger partial charge on any atom is -0.384 e. The average Bonchev–Trinajstić information content (AvgIpc) is 3.00. The number of nitrogens with one attached hydrogen (secondary N) is 1. The third-order valence-electron chi connectivity index (χ3n) is 2.58. The molecule has 3 heteroatoms. The average molecular weight is 217 g/mol. The molecule has 0 saturated heterocycles. The molecule has 0 radical (unpaired) electrons. The third-order valence-corrected chi connectivity index (χ3v) is 3.63. The molecule has 1 N–H and O–H groups in total. The molecule has 0 aromatic heterocycles. The molecule has 0 heterocycles. The Balaban J connectivity index is 2.02. The highest BCUT2D eigenvalue weighted by molar-refractivity contribution is 7.99. The Morgan fingerprint density at radius 2 is 2.29 bits per heavy atom. The minimum atomic E-state index is 0.761. The van der Waals surface area contributed by atoms with Crippen molar-refractivity contribution in [3.63, 3.8) is 0 Å². The van der Waals surface area contributed by atoms with Gasteiger partial charge in [0.2, 0.25) is 0 Å². The van der Waals surface area contributed by atoms with Crippen LogP contribution in [0.3, 0.4) is 0 Å². The van der Waals surface area contributed by atoms with Crippen LogP contribution in [0.15, 0.2) is 0 Å². The maximum absolute atomic E-state index is 5.04. The van der Waals surface area contributed by atoms with E-state index in [2.05, 4.69) is 12.2 Å². The summed E-state index contributed by atoms with van der Waals surface area (Å²) in [6.07, 6.45) is 4.12. The van der Waals surface area contributed by atoms with Gasteiger partial charge < -0.3 is 10.1 Å². The summed E-state index contributed by atoms with van der Waals surface area (Å²) in [4.78, 5) is 0. The van der Waals surface area contributed by atoms with E-state index in [4.69, 9.17) is 4.74 Å². The van der Waals surface area contributed by atoms with Gasteiger partial charge in [-0.25, -0.2) is 0 Å². The van der Waals surface area contributed by atoms with E-state index in [1.807, 2.05) is 11.8 Å². The molecule has 0 amide bonds. The van der Waals surface area contributed by atoms with E-state index in [0.717, 1.165) is 24.3 Å². The van der Waals surface area contributed by atoms with E-state index >= 15 is 0 Å². The second kappa shape index (κ2) is 7.55. The van der Waals surface area contributed by atoms with Gasteiger partial charge in [-0.3, -0.25) is 0 Å². The quantitative estimate of drug-likeness (QED) is 0.598. The van der Waals surface area contributed by atoms with Crippen LogP contribution in [0, 0.1) is 5.92 Å². The molecule has 0 spiro atoms. The van der Waals surface area contributed by atoms with Gasteiger partial charge in [0.15, 0.2) is 0 Å². The highest BCUT2D eigenvalue weighted by Gasteiger charge is 2.30. The Bertz CT molecular complexity index is 139. The zero-order valence-electron chi connectivity index (χ0n) is 9.42. The Kier molecular flexibility index (Phi) is 6.65. The molecule has 0 aliphatic heterocycles. The number of hydrogen-bond acceptors (Lipinski definition) is 3. The fourth-order valence-electron chi connectivity index (χ4n) is 1.54. The van der Waals surface area contributed by atoms with Crippen LogP contribution in [-0.4, -0.2) is 37.8 Å². The van der Waals surface area contributed by atoms with Gasteiger partial charge in [0.05, 0.1) is 6.61 Å². The monoisotopic (exact) mass is 217 g/mol. The summed E-state index contributed by atoms with van der Waals surface area (Å²) in [5.74, 6) is 3.36. The zero-order valence-corrected chi connectivity index (χ0v) is 10.2. The van der Waals surface area contributed by atoms with Crippen molar-refractivity contribution in [3.05, 3.63) is 0 Å². The fraction of sp³-hybridized carbons (Fsp3) is 1.00. The summed E-state index contributed by atoms with van der Waals surface area (Å²) in [5.41, 5.74) is 0. The normalized spacial score (nSPS) is 18.4. The Morgan fingerprint density at radius 1 is 1.50 bits per heavy atom. The molecule has 1 rings (SSSR count). The summed E-state index contributed by atoms with van der Waals surface area (Å²) in [7, 11) is 1.77. The van der Waals surface area contributed by atoms with Gasteiger partial charge in [0.1, 0.15) is 0 Å². The van der Waals surface area contributed by atoms with Crippen LogP contribution < -0.4 is 5.32 Å². The van der Waals surface area contributed by atoms with E-state index in [-0.39, 0.29) is 0 Å². The summed E-state index contributed by atoms with van der Waals surface area (Å²) in [5, 5.41) is 3.65. The lowest BCUT2D eigenvalue weighted by atomic mass is 10.2. The van der Waals surface area contributed by atoms with Crippen LogP contribution in [0.2, 0.25) is 0 Å². The Morgan fingerprint density at radius 3 is 2.86 bits per heavy atom. The van der Waals surface area contributed by atoms with E-state index in [0.29, 0.717) is 0 Å². The number of rotatable bonds is 9. The van der Waals surface area contributed by atoms with Crippen molar-refractivity contribution in [3.8, 4) is 0 Å². The molecule has 1 fully saturated rings. The van der Waals surface area contributed by atoms with Gasteiger partial charge in [-0.15, -0.1) is 0 Å². The van der Waals surface area contributed by atoms with E-state index in [1.165, 1.54) is 31.6 Å². The number of methoxy groups -OCH3 is 1. The Labute approximate surface area is 92.2 Å². The molecule has 0 aromatic carbocycles. The van der Waals surface area contributed by atoms with Crippen LogP contribution >= 0.6 is 11.8 Å². The van der Waals surface area contributed by atoms with Crippen molar-refractivity contribution in [1.82, 2.24) is 5.32 Å². The first-order valence-corrected chi connectivity index (χ1v) is 6.84. The standard InChI is InChI=1S/C11H23NOS/c1-3-6-12-11(10-4-5-10)9-14-8-7-13-2/h10-12H,3-9H2,1-2H3. The predicted octanol–water partition coefficient (Wildman–Crippen LogP) is 2.14. The topological polar surface area (TPSA) is 21.3 Å². The second-order valence-corrected chi connectivity index (χ2v) is 5.12. The van der Waals surface area contributed by atoms with Crippen LogP contribution in [0.25, 0.3) is 0 Å².